The van der Waals surface area contributed by atoms with Crippen molar-refractivity contribution in [2.24, 2.45) is 5.73 Å². The quantitative estimate of drug-likeness (QED) is 0.847. The molecule has 1 aromatic heterocycles. The fraction of sp³-hybridized carbons (Fsp3) is 0.643. The van der Waals surface area contributed by atoms with Gasteiger partial charge in [-0.25, -0.2) is 0 Å². The van der Waals surface area contributed by atoms with E-state index in [2.05, 4.69) is 34.1 Å². The Kier molecular flexibility index (Phi) is 4.55. The minimum atomic E-state index is 0.405. The molecule has 0 radical (unpaired) electrons. The van der Waals surface area contributed by atoms with Crippen molar-refractivity contribution in [3.05, 3.63) is 16.8 Å². The molecule has 2 heterocycles. The first-order valence-electron chi connectivity index (χ1n) is 6.97. The lowest BCUT2D eigenvalue weighted by molar-refractivity contribution is 0.257. The summed E-state index contributed by atoms with van der Waals surface area (Å²) >= 11 is 5.22. The summed E-state index contributed by atoms with van der Waals surface area (Å²) in [7, 11) is 4.24. The van der Waals surface area contributed by atoms with Gasteiger partial charge in [0.2, 0.25) is 0 Å². The van der Waals surface area contributed by atoms with Crippen molar-refractivity contribution >= 4 is 23.0 Å². The van der Waals surface area contributed by atoms with E-state index in [0.29, 0.717) is 11.0 Å². The highest BCUT2D eigenvalue weighted by Gasteiger charge is 2.26. The summed E-state index contributed by atoms with van der Waals surface area (Å²) in [4.78, 5) is 4.94. The number of thiocarbonyl (C=S) groups is 1. The van der Waals surface area contributed by atoms with E-state index in [-0.39, 0.29) is 0 Å². The molecular formula is C14H23N5S. The smallest absolute Gasteiger partial charge is 0.161 e. The Labute approximate surface area is 126 Å². The van der Waals surface area contributed by atoms with Gasteiger partial charge in [0.25, 0.3) is 0 Å². The molecule has 2 rings (SSSR count). The standard InChI is InChI=1S/C14H23N5S/c1-9-10(2)16-17-14(12(9)13(15)20)19-7-5-6-11(8-19)18(3)4/h11H,5-8H2,1-4H3,(H2,15,20). The van der Waals surface area contributed by atoms with Gasteiger partial charge in [0.05, 0.1) is 11.3 Å². The van der Waals surface area contributed by atoms with Gasteiger partial charge in [-0.15, -0.1) is 5.10 Å². The van der Waals surface area contributed by atoms with E-state index in [1.807, 2.05) is 13.8 Å². The summed E-state index contributed by atoms with van der Waals surface area (Å²) in [6.07, 6.45) is 2.36. The van der Waals surface area contributed by atoms with E-state index in [1.165, 1.54) is 6.42 Å². The molecule has 1 atom stereocenters. The average Bonchev–Trinajstić information content (AvgIpc) is 2.41. The van der Waals surface area contributed by atoms with Gasteiger partial charge in [-0.2, -0.15) is 5.10 Å². The summed E-state index contributed by atoms with van der Waals surface area (Å²) in [6.45, 7) is 5.87. The third-order valence-corrected chi connectivity index (χ3v) is 4.31. The van der Waals surface area contributed by atoms with Crippen LogP contribution in [0.3, 0.4) is 0 Å². The molecule has 1 saturated heterocycles. The number of rotatable bonds is 3. The summed E-state index contributed by atoms with van der Waals surface area (Å²) in [5.74, 6) is 0.840. The average molecular weight is 293 g/mol. The molecule has 1 fully saturated rings. The second-order valence-electron chi connectivity index (χ2n) is 5.68. The predicted molar refractivity (Wildman–Crippen MR) is 86.3 cm³/mol. The molecule has 0 aromatic carbocycles. The molecule has 0 bridgehead atoms. The molecule has 0 aliphatic carbocycles. The van der Waals surface area contributed by atoms with Crippen LogP contribution >= 0.6 is 12.2 Å². The highest BCUT2D eigenvalue weighted by atomic mass is 32.1. The Balaban J connectivity index is 2.37. The van der Waals surface area contributed by atoms with Crippen LogP contribution in [0.1, 0.15) is 29.7 Å². The van der Waals surface area contributed by atoms with Crippen LogP contribution in [-0.4, -0.2) is 53.3 Å². The third kappa shape index (κ3) is 2.91. The molecule has 110 valence electrons. The first-order chi connectivity index (χ1) is 9.41. The molecule has 1 aliphatic rings. The van der Waals surface area contributed by atoms with E-state index >= 15 is 0 Å². The topological polar surface area (TPSA) is 58.3 Å². The van der Waals surface area contributed by atoms with Gasteiger partial charge in [0, 0.05) is 19.1 Å². The van der Waals surface area contributed by atoms with Gasteiger partial charge in [-0.1, -0.05) is 12.2 Å². The number of nitrogens with zero attached hydrogens (tertiary/aromatic N) is 4. The van der Waals surface area contributed by atoms with E-state index in [9.17, 15) is 0 Å². The Bertz CT molecular complexity index is 515. The summed E-state index contributed by atoms with van der Waals surface area (Å²) in [5, 5.41) is 8.61. The Morgan fingerprint density at radius 1 is 1.35 bits per heavy atom. The highest BCUT2D eigenvalue weighted by Crippen LogP contribution is 2.26. The molecule has 5 nitrogen and oxygen atoms in total. The number of aromatic nitrogens is 2. The third-order valence-electron chi connectivity index (χ3n) is 4.11. The van der Waals surface area contributed by atoms with Crippen LogP contribution in [0.5, 0.6) is 0 Å². The summed E-state index contributed by atoms with van der Waals surface area (Å²) in [5.41, 5.74) is 8.72. The molecule has 1 unspecified atom stereocenters. The second kappa shape index (κ2) is 6.01. The lowest BCUT2D eigenvalue weighted by Crippen LogP contribution is -2.46. The largest absolute Gasteiger partial charge is 0.389 e. The predicted octanol–water partition coefficient (Wildman–Crippen LogP) is 1.26. The molecule has 0 amide bonds. The SMILES string of the molecule is Cc1nnc(N2CCCC(N(C)C)C2)c(C(N)=S)c1C. The van der Waals surface area contributed by atoms with E-state index < -0.39 is 0 Å². The lowest BCUT2D eigenvalue weighted by atomic mass is 10.0. The molecule has 1 aromatic rings. The molecule has 6 heteroatoms. The number of likely N-dealkylation sites (N-methyl/N-ethyl adjacent to an activating group) is 1. The van der Waals surface area contributed by atoms with Crippen molar-refractivity contribution < 1.29 is 0 Å². The van der Waals surface area contributed by atoms with Crippen molar-refractivity contribution in [3.8, 4) is 0 Å². The molecule has 1 aliphatic heterocycles. The number of hydrogen-bond acceptors (Lipinski definition) is 5. The summed E-state index contributed by atoms with van der Waals surface area (Å²) in [6, 6.07) is 0.534. The maximum Gasteiger partial charge on any atom is 0.161 e. The van der Waals surface area contributed by atoms with Gasteiger partial charge in [-0.3, -0.25) is 0 Å². The Morgan fingerprint density at radius 3 is 2.65 bits per heavy atom. The van der Waals surface area contributed by atoms with Gasteiger partial charge in [0.1, 0.15) is 4.99 Å². The second-order valence-corrected chi connectivity index (χ2v) is 6.12. The normalized spacial score (nSPS) is 19.4. The van der Waals surface area contributed by atoms with Gasteiger partial charge in [0.15, 0.2) is 5.82 Å². The van der Waals surface area contributed by atoms with E-state index in [0.717, 1.165) is 42.1 Å². The fourth-order valence-corrected chi connectivity index (χ4v) is 2.93. The van der Waals surface area contributed by atoms with Crippen LogP contribution in [0, 0.1) is 13.8 Å². The van der Waals surface area contributed by atoms with Gasteiger partial charge >= 0.3 is 0 Å². The number of hydrogen-bond donors (Lipinski definition) is 1. The van der Waals surface area contributed by atoms with Crippen molar-refractivity contribution in [3.63, 3.8) is 0 Å². The maximum absolute atomic E-state index is 5.91. The zero-order valence-electron chi connectivity index (χ0n) is 12.7. The van der Waals surface area contributed by atoms with Crippen molar-refractivity contribution in [2.45, 2.75) is 32.7 Å². The van der Waals surface area contributed by atoms with Crippen molar-refractivity contribution in [1.29, 1.82) is 0 Å². The number of nitrogens with two attached hydrogens (primary N) is 1. The monoisotopic (exact) mass is 293 g/mol. The minimum absolute atomic E-state index is 0.405. The zero-order valence-corrected chi connectivity index (χ0v) is 13.5. The number of piperidine rings is 1. The first kappa shape index (κ1) is 15.1. The van der Waals surface area contributed by atoms with Crippen LogP contribution in [0.2, 0.25) is 0 Å². The van der Waals surface area contributed by atoms with Gasteiger partial charge in [-0.05, 0) is 46.3 Å². The molecule has 20 heavy (non-hydrogen) atoms. The zero-order chi connectivity index (χ0) is 14.9. The Morgan fingerprint density at radius 2 is 2.05 bits per heavy atom. The fourth-order valence-electron chi connectivity index (χ4n) is 2.68. The maximum atomic E-state index is 5.91. The summed E-state index contributed by atoms with van der Waals surface area (Å²) < 4.78 is 0. The Hall–Kier alpha value is -1.27. The molecular weight excluding hydrogens is 270 g/mol. The molecule has 0 saturated carbocycles. The van der Waals surface area contributed by atoms with E-state index in [1.54, 1.807) is 0 Å². The number of aryl methyl sites for hydroxylation is 1. The highest BCUT2D eigenvalue weighted by molar-refractivity contribution is 7.80. The van der Waals surface area contributed by atoms with Crippen LogP contribution in [0.4, 0.5) is 5.82 Å². The van der Waals surface area contributed by atoms with Gasteiger partial charge < -0.3 is 15.5 Å². The molecule has 0 spiro atoms. The minimum Gasteiger partial charge on any atom is -0.389 e. The van der Waals surface area contributed by atoms with E-state index in [4.69, 9.17) is 18.0 Å². The van der Waals surface area contributed by atoms with Crippen molar-refractivity contribution in [1.82, 2.24) is 15.1 Å². The molecule has 2 N–H and O–H groups in total. The van der Waals surface area contributed by atoms with Crippen LogP contribution < -0.4 is 10.6 Å². The first-order valence-corrected chi connectivity index (χ1v) is 7.37. The van der Waals surface area contributed by atoms with Crippen LogP contribution in [-0.2, 0) is 0 Å². The van der Waals surface area contributed by atoms with Crippen LogP contribution in [0.25, 0.3) is 0 Å². The lowest BCUT2D eigenvalue weighted by Gasteiger charge is -2.37. The van der Waals surface area contributed by atoms with Crippen LogP contribution in [0.15, 0.2) is 0 Å². The van der Waals surface area contributed by atoms with Crippen molar-refractivity contribution in [2.75, 3.05) is 32.1 Å². The number of anilines is 1.